The van der Waals surface area contributed by atoms with Crippen LogP contribution in [0.15, 0.2) is 32.9 Å². The fourth-order valence-corrected chi connectivity index (χ4v) is 6.40. The van der Waals surface area contributed by atoms with Crippen molar-refractivity contribution in [1.29, 1.82) is 0 Å². The lowest BCUT2D eigenvalue weighted by molar-refractivity contribution is -0.143. The number of fused-ring (bicyclic) bond motifs is 1. The second-order valence-corrected chi connectivity index (χ2v) is 10.4. The van der Waals surface area contributed by atoms with Crippen molar-refractivity contribution in [2.75, 3.05) is 6.61 Å². The summed E-state index contributed by atoms with van der Waals surface area (Å²) in [5.41, 5.74) is 2.75. The number of sulfonamides is 1. The number of hydrogen-bond acceptors (Lipinski definition) is 6. The molecule has 0 amide bonds. The van der Waals surface area contributed by atoms with E-state index in [2.05, 4.69) is 4.40 Å². The SMILES string of the molecule is CCOC(=O)Cn1c(=NS(=O)(=O)c2ccc(Cl)s2)sc2c(C)cc(C)cc21. The third-order valence-electron chi connectivity index (χ3n) is 3.71. The van der Waals surface area contributed by atoms with E-state index < -0.39 is 16.0 Å². The van der Waals surface area contributed by atoms with Gasteiger partial charge in [0.15, 0.2) is 0 Å². The van der Waals surface area contributed by atoms with Crippen molar-refractivity contribution in [2.45, 2.75) is 31.5 Å². The van der Waals surface area contributed by atoms with Crippen molar-refractivity contribution in [3.05, 3.63) is 44.5 Å². The van der Waals surface area contributed by atoms with Crippen molar-refractivity contribution in [2.24, 2.45) is 4.40 Å². The number of rotatable bonds is 5. The Morgan fingerprint density at radius 2 is 2.00 bits per heavy atom. The molecule has 0 bridgehead atoms. The number of thiophene rings is 1. The summed E-state index contributed by atoms with van der Waals surface area (Å²) in [5, 5.41) is 0. The Hall–Kier alpha value is -1.68. The van der Waals surface area contributed by atoms with Crippen LogP contribution in [-0.4, -0.2) is 25.6 Å². The van der Waals surface area contributed by atoms with Gasteiger partial charge in [0, 0.05) is 0 Å². The Labute approximate surface area is 169 Å². The van der Waals surface area contributed by atoms with Crippen LogP contribution in [0, 0.1) is 13.8 Å². The van der Waals surface area contributed by atoms with Gasteiger partial charge in [-0.25, -0.2) is 0 Å². The maximum atomic E-state index is 12.7. The van der Waals surface area contributed by atoms with E-state index in [1.165, 1.54) is 23.5 Å². The fraction of sp³-hybridized carbons (Fsp3) is 0.294. The molecule has 3 rings (SSSR count). The highest BCUT2D eigenvalue weighted by Gasteiger charge is 2.19. The summed E-state index contributed by atoms with van der Waals surface area (Å²) in [6.07, 6.45) is 0. The van der Waals surface area contributed by atoms with Gasteiger partial charge in [-0.15, -0.1) is 15.7 Å². The summed E-state index contributed by atoms with van der Waals surface area (Å²) in [7, 11) is -3.94. The topological polar surface area (TPSA) is 77.7 Å². The second kappa shape index (κ2) is 7.75. The number of nitrogens with zero attached hydrogens (tertiary/aromatic N) is 2. The maximum Gasteiger partial charge on any atom is 0.326 e. The number of carbonyl (C=O) groups is 1. The summed E-state index contributed by atoms with van der Waals surface area (Å²) in [6, 6.07) is 6.85. The lowest BCUT2D eigenvalue weighted by Gasteiger charge is -2.06. The Morgan fingerprint density at radius 3 is 2.63 bits per heavy atom. The monoisotopic (exact) mass is 444 g/mol. The van der Waals surface area contributed by atoms with E-state index >= 15 is 0 Å². The summed E-state index contributed by atoms with van der Waals surface area (Å²) in [4.78, 5) is 12.3. The molecule has 0 aliphatic heterocycles. The molecule has 0 N–H and O–H groups in total. The zero-order chi connectivity index (χ0) is 19.8. The largest absolute Gasteiger partial charge is 0.465 e. The molecule has 1 aromatic carbocycles. The predicted molar refractivity (Wildman–Crippen MR) is 108 cm³/mol. The molecular formula is C17H17ClN2O4S3. The molecule has 0 aliphatic rings. The van der Waals surface area contributed by atoms with Gasteiger partial charge in [-0.2, -0.15) is 8.42 Å². The molecule has 2 heterocycles. The molecule has 0 radical (unpaired) electrons. The average Bonchev–Trinajstić information content (AvgIpc) is 3.14. The van der Waals surface area contributed by atoms with E-state index in [1.54, 1.807) is 11.5 Å². The van der Waals surface area contributed by atoms with E-state index in [0.717, 1.165) is 32.7 Å². The Morgan fingerprint density at radius 1 is 1.26 bits per heavy atom. The Balaban J connectivity index is 2.25. The number of hydrogen-bond donors (Lipinski definition) is 0. The molecule has 6 nitrogen and oxygen atoms in total. The molecule has 0 saturated carbocycles. The molecule has 0 saturated heterocycles. The standard InChI is InChI=1S/C17H17ClN2O4S3/c1-4-24-14(21)9-20-12-8-10(2)7-11(3)16(12)26-17(20)19-27(22,23)15-6-5-13(18)25-15/h5-8H,4,9H2,1-3H3. The summed E-state index contributed by atoms with van der Waals surface area (Å²) in [6.45, 7) is 5.74. The number of carbonyl (C=O) groups excluding carboxylic acids is 1. The van der Waals surface area contributed by atoms with Gasteiger partial charge in [-0.3, -0.25) is 4.79 Å². The van der Waals surface area contributed by atoms with Crippen molar-refractivity contribution in [3.8, 4) is 0 Å². The lowest BCUT2D eigenvalue weighted by Crippen LogP contribution is -2.23. The first-order valence-corrected chi connectivity index (χ1v) is 11.5. The summed E-state index contributed by atoms with van der Waals surface area (Å²) in [5.74, 6) is -0.450. The molecule has 144 valence electrons. The fourth-order valence-electron chi connectivity index (χ4n) is 2.66. The third-order valence-corrected chi connectivity index (χ3v) is 8.02. The molecule has 27 heavy (non-hydrogen) atoms. The van der Waals surface area contributed by atoms with Gasteiger partial charge in [0.1, 0.15) is 10.8 Å². The third kappa shape index (κ3) is 4.26. The van der Waals surface area contributed by atoms with Crippen LogP contribution in [0.3, 0.4) is 0 Å². The first-order chi connectivity index (χ1) is 12.7. The van der Waals surface area contributed by atoms with Gasteiger partial charge >= 0.3 is 5.97 Å². The minimum absolute atomic E-state index is 0.0561. The molecule has 2 aromatic heterocycles. The second-order valence-electron chi connectivity index (χ2n) is 5.83. The first-order valence-electron chi connectivity index (χ1n) is 8.04. The number of aryl methyl sites for hydroxylation is 2. The zero-order valence-corrected chi connectivity index (χ0v) is 18.1. The van der Waals surface area contributed by atoms with Crippen molar-refractivity contribution in [1.82, 2.24) is 4.57 Å². The molecular weight excluding hydrogens is 428 g/mol. The Kier molecular flexibility index (Phi) is 5.76. The van der Waals surface area contributed by atoms with E-state index in [-0.39, 0.29) is 22.2 Å². The lowest BCUT2D eigenvalue weighted by atomic mass is 10.1. The smallest absolute Gasteiger partial charge is 0.326 e. The minimum Gasteiger partial charge on any atom is -0.465 e. The number of aromatic nitrogens is 1. The highest BCUT2D eigenvalue weighted by Crippen LogP contribution is 2.28. The number of thiazole rings is 1. The minimum atomic E-state index is -3.94. The molecule has 0 aliphatic carbocycles. The highest BCUT2D eigenvalue weighted by atomic mass is 35.5. The van der Waals surface area contributed by atoms with Crippen molar-refractivity contribution < 1.29 is 17.9 Å². The molecule has 0 spiro atoms. The van der Waals surface area contributed by atoms with Gasteiger partial charge in [-0.05, 0) is 50.1 Å². The summed E-state index contributed by atoms with van der Waals surface area (Å²) < 4.78 is 37.3. The number of esters is 1. The van der Waals surface area contributed by atoms with E-state index in [0.29, 0.717) is 4.34 Å². The van der Waals surface area contributed by atoms with Crippen LogP contribution in [0.5, 0.6) is 0 Å². The number of benzene rings is 1. The summed E-state index contributed by atoms with van der Waals surface area (Å²) >= 11 is 8.03. The van der Waals surface area contributed by atoms with Crippen LogP contribution in [-0.2, 0) is 26.1 Å². The molecule has 0 fully saturated rings. The van der Waals surface area contributed by atoms with E-state index in [1.807, 2.05) is 26.0 Å². The van der Waals surface area contributed by atoms with Gasteiger partial charge in [0.25, 0.3) is 10.0 Å². The molecule has 10 heteroatoms. The van der Waals surface area contributed by atoms with Crippen LogP contribution in [0.4, 0.5) is 0 Å². The van der Waals surface area contributed by atoms with Crippen molar-refractivity contribution >= 4 is 60.5 Å². The highest BCUT2D eigenvalue weighted by molar-refractivity contribution is 7.92. The van der Waals surface area contributed by atoms with Gasteiger partial charge in [0.2, 0.25) is 4.80 Å². The number of halogens is 1. The predicted octanol–water partition coefficient (Wildman–Crippen LogP) is 3.89. The van der Waals surface area contributed by atoms with Crippen LogP contribution in [0.2, 0.25) is 4.34 Å². The normalized spacial score (nSPS) is 12.7. The van der Waals surface area contributed by atoms with Gasteiger partial charge in [0.05, 0.1) is 21.2 Å². The molecule has 0 atom stereocenters. The quantitative estimate of drug-likeness (QED) is 0.559. The van der Waals surface area contributed by atoms with Gasteiger partial charge in [-0.1, -0.05) is 29.0 Å². The zero-order valence-electron chi connectivity index (χ0n) is 14.9. The molecule has 3 aromatic rings. The van der Waals surface area contributed by atoms with Crippen LogP contribution in [0.1, 0.15) is 18.1 Å². The van der Waals surface area contributed by atoms with E-state index in [9.17, 15) is 13.2 Å². The molecule has 0 unspecified atom stereocenters. The van der Waals surface area contributed by atoms with Crippen molar-refractivity contribution in [3.63, 3.8) is 0 Å². The Bertz CT molecular complexity index is 1190. The van der Waals surface area contributed by atoms with Crippen LogP contribution < -0.4 is 4.80 Å². The first kappa shape index (κ1) is 20.1. The average molecular weight is 445 g/mol. The maximum absolute atomic E-state index is 12.7. The van der Waals surface area contributed by atoms with Crippen LogP contribution in [0.25, 0.3) is 10.2 Å². The van der Waals surface area contributed by atoms with Crippen LogP contribution >= 0.6 is 34.3 Å². The number of ether oxygens (including phenoxy) is 1. The van der Waals surface area contributed by atoms with E-state index in [4.69, 9.17) is 16.3 Å². The van der Waals surface area contributed by atoms with Gasteiger partial charge < -0.3 is 9.30 Å².